The van der Waals surface area contributed by atoms with E-state index in [9.17, 15) is 9.18 Å². The Morgan fingerprint density at radius 3 is 2.96 bits per heavy atom. The fraction of sp³-hybridized carbons (Fsp3) is 0.158. The molecule has 26 heavy (non-hydrogen) atoms. The summed E-state index contributed by atoms with van der Waals surface area (Å²) < 4.78 is 25.7. The van der Waals surface area contributed by atoms with Crippen molar-refractivity contribution in [3.8, 4) is 5.75 Å². The van der Waals surface area contributed by atoms with Gasteiger partial charge in [-0.2, -0.15) is 5.10 Å². The quantitative estimate of drug-likeness (QED) is 0.442. The lowest BCUT2D eigenvalue weighted by Crippen LogP contribution is -2.07. The van der Waals surface area contributed by atoms with Gasteiger partial charge in [0, 0.05) is 12.7 Å². The number of carbonyl (C=O) groups is 1. The largest absolute Gasteiger partial charge is 0.484 e. The number of ether oxygens (including phenoxy) is 1. The van der Waals surface area contributed by atoms with Crippen LogP contribution in [0.15, 0.2) is 53.1 Å². The van der Waals surface area contributed by atoms with Crippen molar-refractivity contribution in [1.82, 2.24) is 9.78 Å². The van der Waals surface area contributed by atoms with E-state index in [0.717, 1.165) is 0 Å². The van der Waals surface area contributed by atoms with Gasteiger partial charge >= 0.3 is 0 Å². The van der Waals surface area contributed by atoms with Crippen molar-refractivity contribution >= 4 is 23.5 Å². The number of benzene rings is 1. The molecule has 0 fully saturated rings. The normalized spacial score (nSPS) is 11.2. The molecule has 0 bridgehead atoms. The van der Waals surface area contributed by atoms with Crippen molar-refractivity contribution < 1.29 is 18.3 Å². The predicted octanol–water partition coefficient (Wildman–Crippen LogP) is 4.76. The molecule has 2 heterocycles. The molecule has 2 aromatic heterocycles. The average molecular weight is 375 g/mol. The van der Waals surface area contributed by atoms with Crippen LogP contribution in [0.2, 0.25) is 5.02 Å². The molecule has 0 saturated heterocycles. The van der Waals surface area contributed by atoms with Crippen molar-refractivity contribution in [2.75, 3.05) is 0 Å². The van der Waals surface area contributed by atoms with Crippen LogP contribution >= 0.6 is 11.6 Å². The zero-order valence-electron chi connectivity index (χ0n) is 14.0. The first-order valence-electron chi connectivity index (χ1n) is 7.97. The van der Waals surface area contributed by atoms with Gasteiger partial charge in [0.25, 0.3) is 0 Å². The first-order chi connectivity index (χ1) is 12.6. The molecule has 1 aromatic carbocycles. The molecule has 0 amide bonds. The highest BCUT2D eigenvalue weighted by atomic mass is 35.5. The Hall–Kier alpha value is -2.86. The summed E-state index contributed by atoms with van der Waals surface area (Å²) in [6, 6.07) is 9.04. The van der Waals surface area contributed by atoms with Gasteiger partial charge in [0.2, 0.25) is 5.78 Å². The second-order valence-corrected chi connectivity index (χ2v) is 5.80. The van der Waals surface area contributed by atoms with E-state index < -0.39 is 5.82 Å². The topological polar surface area (TPSA) is 57.3 Å². The summed E-state index contributed by atoms with van der Waals surface area (Å²) in [6.45, 7) is 2.67. The summed E-state index contributed by atoms with van der Waals surface area (Å²) in [4.78, 5) is 12.2. The number of furan rings is 1. The molecule has 0 N–H and O–H groups in total. The Bertz CT molecular complexity index is 946. The maximum absolute atomic E-state index is 13.0. The van der Waals surface area contributed by atoms with E-state index in [1.165, 1.54) is 24.3 Å². The van der Waals surface area contributed by atoms with E-state index in [1.807, 2.05) is 6.92 Å². The number of aryl methyl sites for hydroxylation is 1. The van der Waals surface area contributed by atoms with Gasteiger partial charge in [0.1, 0.15) is 35.4 Å². The van der Waals surface area contributed by atoms with Crippen LogP contribution in [-0.2, 0) is 13.2 Å². The highest BCUT2D eigenvalue weighted by Gasteiger charge is 2.09. The Morgan fingerprint density at radius 1 is 1.35 bits per heavy atom. The van der Waals surface area contributed by atoms with Gasteiger partial charge in [-0.1, -0.05) is 11.6 Å². The minimum absolute atomic E-state index is 0.135. The van der Waals surface area contributed by atoms with Gasteiger partial charge in [0.15, 0.2) is 0 Å². The molecular formula is C19H16ClFN2O3. The zero-order valence-corrected chi connectivity index (χ0v) is 14.7. The van der Waals surface area contributed by atoms with Crippen molar-refractivity contribution in [3.63, 3.8) is 0 Å². The molecule has 0 saturated carbocycles. The lowest BCUT2D eigenvalue weighted by atomic mass is 10.2. The number of rotatable bonds is 7. The summed E-state index contributed by atoms with van der Waals surface area (Å²) in [5.74, 6) is 0.851. The van der Waals surface area contributed by atoms with E-state index in [0.29, 0.717) is 29.5 Å². The SMILES string of the molecule is CCn1nccc1C(=O)/C=C/c1ccc(COc2ccc(F)cc2Cl)o1. The molecular weight excluding hydrogens is 359 g/mol. The van der Waals surface area contributed by atoms with E-state index in [4.69, 9.17) is 20.8 Å². The Morgan fingerprint density at radius 2 is 2.19 bits per heavy atom. The number of hydrogen-bond acceptors (Lipinski definition) is 4. The average Bonchev–Trinajstić information content (AvgIpc) is 3.28. The number of ketones is 1. The number of hydrogen-bond donors (Lipinski definition) is 0. The Balaban J connectivity index is 1.61. The van der Waals surface area contributed by atoms with Crippen LogP contribution in [0.5, 0.6) is 5.75 Å². The molecule has 0 unspecified atom stereocenters. The summed E-state index contributed by atoms with van der Waals surface area (Å²) in [7, 11) is 0. The van der Waals surface area contributed by atoms with Crippen molar-refractivity contribution in [2.24, 2.45) is 0 Å². The molecule has 134 valence electrons. The number of carbonyl (C=O) groups excluding carboxylic acids is 1. The van der Waals surface area contributed by atoms with Gasteiger partial charge in [0.05, 0.1) is 5.02 Å². The minimum atomic E-state index is -0.429. The molecule has 7 heteroatoms. The second-order valence-electron chi connectivity index (χ2n) is 5.40. The van der Waals surface area contributed by atoms with Crippen LogP contribution in [-0.4, -0.2) is 15.6 Å². The smallest absolute Gasteiger partial charge is 0.203 e. The molecule has 3 rings (SSSR count). The van der Waals surface area contributed by atoms with Gasteiger partial charge < -0.3 is 9.15 Å². The molecule has 5 nitrogen and oxygen atoms in total. The monoisotopic (exact) mass is 374 g/mol. The molecule has 0 aliphatic heterocycles. The Kier molecular flexibility index (Phi) is 5.53. The lowest BCUT2D eigenvalue weighted by Gasteiger charge is -2.06. The molecule has 0 spiro atoms. The van der Waals surface area contributed by atoms with Crippen LogP contribution in [0.1, 0.15) is 28.9 Å². The third kappa shape index (κ3) is 4.21. The summed E-state index contributed by atoms with van der Waals surface area (Å²) in [5.41, 5.74) is 0.518. The van der Waals surface area contributed by atoms with Crippen LogP contribution in [0.25, 0.3) is 6.08 Å². The summed E-state index contributed by atoms with van der Waals surface area (Å²) in [6.07, 6.45) is 4.61. The molecule has 0 aliphatic rings. The van der Waals surface area contributed by atoms with Crippen molar-refractivity contribution in [1.29, 1.82) is 0 Å². The van der Waals surface area contributed by atoms with E-state index in [2.05, 4.69) is 5.10 Å². The molecule has 3 aromatic rings. The minimum Gasteiger partial charge on any atom is -0.484 e. The molecule has 0 radical (unpaired) electrons. The highest BCUT2D eigenvalue weighted by Crippen LogP contribution is 2.26. The fourth-order valence-electron chi connectivity index (χ4n) is 2.34. The molecule has 0 aliphatic carbocycles. The fourth-order valence-corrected chi connectivity index (χ4v) is 2.56. The van der Waals surface area contributed by atoms with Gasteiger partial charge in [-0.25, -0.2) is 4.39 Å². The molecule has 0 atom stereocenters. The van der Waals surface area contributed by atoms with Gasteiger partial charge in [-0.05, 0) is 55.5 Å². The highest BCUT2D eigenvalue weighted by molar-refractivity contribution is 6.32. The number of halogens is 2. The van der Waals surface area contributed by atoms with Crippen LogP contribution < -0.4 is 4.74 Å². The lowest BCUT2D eigenvalue weighted by molar-refractivity contribution is 0.103. The summed E-state index contributed by atoms with van der Waals surface area (Å²) in [5, 5.41) is 4.26. The first-order valence-corrected chi connectivity index (χ1v) is 8.35. The van der Waals surface area contributed by atoms with E-state index in [1.54, 1.807) is 35.2 Å². The second kappa shape index (κ2) is 8.01. The van der Waals surface area contributed by atoms with Crippen molar-refractivity contribution in [2.45, 2.75) is 20.1 Å². The van der Waals surface area contributed by atoms with Crippen molar-refractivity contribution in [3.05, 3.63) is 76.7 Å². The van der Waals surface area contributed by atoms with Crippen LogP contribution in [0.4, 0.5) is 4.39 Å². The van der Waals surface area contributed by atoms with Crippen LogP contribution in [0, 0.1) is 5.82 Å². The van der Waals surface area contributed by atoms with Gasteiger partial charge in [-0.3, -0.25) is 9.48 Å². The number of allylic oxidation sites excluding steroid dienone is 1. The summed E-state index contributed by atoms with van der Waals surface area (Å²) >= 11 is 5.91. The third-order valence-corrected chi connectivity index (χ3v) is 3.91. The maximum atomic E-state index is 13.0. The number of nitrogens with zero attached hydrogens (tertiary/aromatic N) is 2. The maximum Gasteiger partial charge on any atom is 0.203 e. The van der Waals surface area contributed by atoms with E-state index >= 15 is 0 Å². The number of aromatic nitrogens is 2. The van der Waals surface area contributed by atoms with Gasteiger partial charge in [-0.15, -0.1) is 0 Å². The van der Waals surface area contributed by atoms with Crippen LogP contribution in [0.3, 0.4) is 0 Å². The first kappa shape index (κ1) is 17.9. The predicted molar refractivity (Wildman–Crippen MR) is 95.7 cm³/mol. The third-order valence-electron chi connectivity index (χ3n) is 3.61. The Labute approximate surface area is 154 Å². The standard InChI is InChI=1S/C19H16ClFN2O3/c1-2-23-17(9-10-22-23)18(24)7-6-14-4-5-15(26-14)12-25-19-8-3-13(21)11-16(19)20/h3-11H,2,12H2,1H3/b7-6+. The van der Waals surface area contributed by atoms with E-state index in [-0.39, 0.29) is 17.4 Å². The zero-order chi connectivity index (χ0) is 18.5.